The molecule has 1 fully saturated rings. The molecule has 0 aliphatic heterocycles. The van der Waals surface area contributed by atoms with Gasteiger partial charge in [0.25, 0.3) is 0 Å². The van der Waals surface area contributed by atoms with E-state index >= 15 is 0 Å². The minimum atomic E-state index is -0.335. The van der Waals surface area contributed by atoms with Crippen molar-refractivity contribution < 1.29 is 19.7 Å². The first-order valence-electron chi connectivity index (χ1n) is 7.25. The molecule has 0 radical (unpaired) electrons. The maximum absolute atomic E-state index is 9.44. The lowest BCUT2D eigenvalue weighted by Crippen LogP contribution is -2.30. The van der Waals surface area contributed by atoms with E-state index in [2.05, 4.69) is 0 Å². The molecule has 0 aromatic carbocycles. The number of aliphatic hydroxyl groups is 2. The monoisotopic (exact) mass is 260 g/mol. The minimum absolute atomic E-state index is 0.266. The molecule has 2 N–H and O–H groups in total. The summed E-state index contributed by atoms with van der Waals surface area (Å²) in [4.78, 5) is 0. The van der Waals surface area contributed by atoms with Crippen LogP contribution in [0.15, 0.2) is 0 Å². The summed E-state index contributed by atoms with van der Waals surface area (Å²) >= 11 is 0. The predicted octanol–water partition coefficient (Wildman–Crippen LogP) is 1.87. The van der Waals surface area contributed by atoms with Crippen molar-refractivity contribution in [2.75, 3.05) is 13.2 Å². The SMILES string of the molecule is CCC(O)COC1CCC(OCC(O)CC)CC1. The smallest absolute Gasteiger partial charge is 0.0771 e. The van der Waals surface area contributed by atoms with Crippen molar-refractivity contribution in [3.05, 3.63) is 0 Å². The van der Waals surface area contributed by atoms with Crippen LogP contribution in [0.2, 0.25) is 0 Å². The van der Waals surface area contributed by atoms with Gasteiger partial charge in [-0.3, -0.25) is 0 Å². The highest BCUT2D eigenvalue weighted by Gasteiger charge is 2.23. The van der Waals surface area contributed by atoms with Gasteiger partial charge in [0.05, 0.1) is 37.6 Å². The van der Waals surface area contributed by atoms with Crippen LogP contribution in [0.5, 0.6) is 0 Å². The highest BCUT2D eigenvalue weighted by atomic mass is 16.5. The second kappa shape index (κ2) is 8.86. The fraction of sp³-hybridized carbons (Fsp3) is 1.00. The van der Waals surface area contributed by atoms with Gasteiger partial charge in [0, 0.05) is 0 Å². The summed E-state index contributed by atoms with van der Waals surface area (Å²) in [6.07, 6.45) is 5.31. The van der Waals surface area contributed by atoms with Crippen LogP contribution in [0.25, 0.3) is 0 Å². The number of ether oxygens (including phenoxy) is 2. The molecule has 0 amide bonds. The summed E-state index contributed by atoms with van der Waals surface area (Å²) in [5, 5.41) is 18.9. The molecule has 0 spiro atoms. The van der Waals surface area contributed by atoms with Gasteiger partial charge in [0.1, 0.15) is 0 Å². The topological polar surface area (TPSA) is 58.9 Å². The Labute approximate surface area is 110 Å². The number of hydrogen-bond acceptors (Lipinski definition) is 4. The van der Waals surface area contributed by atoms with Crippen molar-refractivity contribution in [1.82, 2.24) is 0 Å². The van der Waals surface area contributed by atoms with Gasteiger partial charge in [-0.2, -0.15) is 0 Å². The molecule has 1 rings (SSSR count). The average molecular weight is 260 g/mol. The maximum Gasteiger partial charge on any atom is 0.0771 e. The molecule has 4 heteroatoms. The molecule has 0 aromatic heterocycles. The van der Waals surface area contributed by atoms with Crippen LogP contribution < -0.4 is 0 Å². The van der Waals surface area contributed by atoms with Crippen molar-refractivity contribution >= 4 is 0 Å². The van der Waals surface area contributed by atoms with Gasteiger partial charge in [-0.05, 0) is 38.5 Å². The van der Waals surface area contributed by atoms with Gasteiger partial charge >= 0.3 is 0 Å². The molecule has 4 nitrogen and oxygen atoms in total. The summed E-state index contributed by atoms with van der Waals surface area (Å²) in [7, 11) is 0. The highest BCUT2D eigenvalue weighted by Crippen LogP contribution is 2.23. The predicted molar refractivity (Wildman–Crippen MR) is 70.5 cm³/mol. The molecule has 1 aliphatic rings. The molecule has 2 unspecified atom stereocenters. The third-order valence-electron chi connectivity index (χ3n) is 3.61. The minimum Gasteiger partial charge on any atom is -0.391 e. The van der Waals surface area contributed by atoms with Crippen molar-refractivity contribution in [3.63, 3.8) is 0 Å². The van der Waals surface area contributed by atoms with Crippen LogP contribution in [0.1, 0.15) is 52.4 Å². The fourth-order valence-corrected chi connectivity index (χ4v) is 2.10. The lowest BCUT2D eigenvalue weighted by Gasteiger charge is -2.29. The van der Waals surface area contributed by atoms with Crippen LogP contribution in [0, 0.1) is 0 Å². The van der Waals surface area contributed by atoms with Crippen molar-refractivity contribution in [3.8, 4) is 0 Å². The standard InChI is InChI=1S/C14H28O4/c1-3-11(15)9-17-13-5-7-14(8-6-13)18-10-12(16)4-2/h11-16H,3-10H2,1-2H3. The second-order valence-electron chi connectivity index (χ2n) is 5.19. The Morgan fingerprint density at radius 3 is 1.44 bits per heavy atom. The normalized spacial score (nSPS) is 28.0. The molecule has 1 aliphatic carbocycles. The van der Waals surface area contributed by atoms with Gasteiger partial charge in [-0.25, -0.2) is 0 Å². The van der Waals surface area contributed by atoms with Crippen molar-refractivity contribution in [2.45, 2.75) is 76.8 Å². The first-order valence-corrected chi connectivity index (χ1v) is 7.25. The van der Waals surface area contributed by atoms with Gasteiger partial charge in [-0.1, -0.05) is 13.8 Å². The second-order valence-corrected chi connectivity index (χ2v) is 5.19. The largest absolute Gasteiger partial charge is 0.391 e. The molecule has 108 valence electrons. The molecule has 0 heterocycles. The van der Waals surface area contributed by atoms with Crippen LogP contribution in [0.3, 0.4) is 0 Å². The summed E-state index contributed by atoms with van der Waals surface area (Å²) in [6, 6.07) is 0. The van der Waals surface area contributed by atoms with E-state index in [9.17, 15) is 10.2 Å². The molecule has 18 heavy (non-hydrogen) atoms. The highest BCUT2D eigenvalue weighted by molar-refractivity contribution is 4.74. The Kier molecular flexibility index (Phi) is 7.82. The Morgan fingerprint density at radius 1 is 0.833 bits per heavy atom. The summed E-state index contributed by atoms with van der Waals surface area (Å²) < 4.78 is 11.4. The van der Waals surface area contributed by atoms with Crippen LogP contribution >= 0.6 is 0 Å². The van der Waals surface area contributed by atoms with Gasteiger partial charge in [-0.15, -0.1) is 0 Å². The van der Waals surface area contributed by atoms with E-state index < -0.39 is 0 Å². The van der Waals surface area contributed by atoms with Crippen LogP contribution in [-0.2, 0) is 9.47 Å². The number of hydrogen-bond donors (Lipinski definition) is 2. The number of rotatable bonds is 8. The third-order valence-corrected chi connectivity index (χ3v) is 3.61. The van der Waals surface area contributed by atoms with Gasteiger partial charge < -0.3 is 19.7 Å². The Hall–Kier alpha value is -0.160. The van der Waals surface area contributed by atoms with E-state index in [1.54, 1.807) is 0 Å². The van der Waals surface area contributed by atoms with Crippen molar-refractivity contribution in [1.29, 1.82) is 0 Å². The Balaban J connectivity index is 2.09. The molecular formula is C14H28O4. The first-order chi connectivity index (χ1) is 8.65. The zero-order valence-corrected chi connectivity index (χ0v) is 11.7. The van der Waals surface area contributed by atoms with Gasteiger partial charge in [0.15, 0.2) is 0 Å². The number of aliphatic hydroxyl groups excluding tert-OH is 2. The fourth-order valence-electron chi connectivity index (χ4n) is 2.10. The van der Waals surface area contributed by atoms with E-state index in [1.165, 1.54) is 0 Å². The lowest BCUT2D eigenvalue weighted by molar-refractivity contribution is -0.0679. The molecule has 1 saturated carbocycles. The third kappa shape index (κ3) is 6.14. The molecule has 2 atom stereocenters. The molecule has 0 saturated heterocycles. The summed E-state index contributed by atoms with van der Waals surface area (Å²) in [5.74, 6) is 0. The molecule has 0 bridgehead atoms. The summed E-state index contributed by atoms with van der Waals surface area (Å²) in [5.41, 5.74) is 0. The summed E-state index contributed by atoms with van der Waals surface area (Å²) in [6.45, 7) is 4.80. The van der Waals surface area contributed by atoms with E-state index in [0.717, 1.165) is 38.5 Å². The maximum atomic E-state index is 9.44. The van der Waals surface area contributed by atoms with Gasteiger partial charge in [0.2, 0.25) is 0 Å². The van der Waals surface area contributed by atoms with Crippen molar-refractivity contribution in [2.24, 2.45) is 0 Å². The first kappa shape index (κ1) is 15.9. The Morgan fingerprint density at radius 2 is 1.17 bits per heavy atom. The van der Waals surface area contributed by atoms with Crippen LogP contribution in [0.4, 0.5) is 0 Å². The quantitative estimate of drug-likeness (QED) is 0.699. The zero-order chi connectivity index (χ0) is 13.4. The van der Waals surface area contributed by atoms with E-state index in [1.807, 2.05) is 13.8 Å². The Bertz CT molecular complexity index is 180. The molecule has 0 aromatic rings. The van der Waals surface area contributed by atoms with Crippen LogP contribution in [-0.4, -0.2) is 47.8 Å². The van der Waals surface area contributed by atoms with E-state index in [-0.39, 0.29) is 24.4 Å². The average Bonchev–Trinajstić information content (AvgIpc) is 2.43. The molecular weight excluding hydrogens is 232 g/mol. The van der Waals surface area contributed by atoms with E-state index in [0.29, 0.717) is 13.2 Å². The van der Waals surface area contributed by atoms with E-state index in [4.69, 9.17) is 9.47 Å². The lowest BCUT2D eigenvalue weighted by atomic mass is 9.95. The zero-order valence-electron chi connectivity index (χ0n) is 11.7.